The Morgan fingerprint density at radius 3 is 1.03 bits per heavy atom. The molecular weight excluding hydrogens is 1120 g/mol. The van der Waals surface area contributed by atoms with Crippen molar-refractivity contribution in [2.75, 3.05) is 23.0 Å². The van der Waals surface area contributed by atoms with Crippen molar-refractivity contribution < 1.29 is 29.3 Å². The van der Waals surface area contributed by atoms with Crippen LogP contribution in [-0.4, -0.2) is 54.5 Å². The van der Waals surface area contributed by atoms with Gasteiger partial charge >= 0.3 is 11.9 Å². The van der Waals surface area contributed by atoms with Crippen molar-refractivity contribution in [3.63, 3.8) is 0 Å². The molecule has 0 aliphatic carbocycles. The van der Waals surface area contributed by atoms with E-state index in [4.69, 9.17) is 9.47 Å². The average molecular weight is 1190 g/mol. The van der Waals surface area contributed by atoms with Gasteiger partial charge in [0.15, 0.2) is 22.9 Å². The standard InChI is InChI=1S/C78H68N6O6/c85-77(86)73-67(39-25-49-79-73)89-53-23-3-1-21-51-81-65-37-19-17-35-63(65)71-70(56-43-47-62(48-44-56)84(59-31-13-7-14-32-59)60-33-15-8-16-34-60)76-72(64-36-18-20-38-66(64)82(76)52-22-2-4-24-54-90-68-40-26-50-80-74(68)78(87)88)69(75(71)81)55-41-45-61(46-42-55)83(57-27-9-5-10-28-57)58-29-11-6-12-30-58/h5-20,25-50H,1-4,21-24,51-54H2,(H,85,86)(H,87,88). The molecule has 13 aromatic rings. The predicted octanol–water partition coefficient (Wildman–Crippen LogP) is 19.6. The van der Waals surface area contributed by atoms with Gasteiger partial charge in [-0.1, -0.05) is 159 Å². The van der Waals surface area contributed by atoms with Gasteiger partial charge in [-0.05, 0) is 146 Å². The molecule has 12 heteroatoms. The lowest BCUT2D eigenvalue weighted by atomic mass is 9.89. The summed E-state index contributed by atoms with van der Waals surface area (Å²) in [6, 6.07) is 85.1. The topological polar surface area (TPSA) is 135 Å². The molecule has 446 valence electrons. The van der Waals surface area contributed by atoms with Gasteiger partial charge in [0.25, 0.3) is 0 Å². The van der Waals surface area contributed by atoms with Crippen LogP contribution in [0.3, 0.4) is 0 Å². The first-order valence-electron chi connectivity index (χ1n) is 31.0. The van der Waals surface area contributed by atoms with Crippen molar-refractivity contribution >= 4 is 89.7 Å². The van der Waals surface area contributed by atoms with Crippen LogP contribution in [-0.2, 0) is 13.1 Å². The maximum atomic E-state index is 11.9. The Morgan fingerprint density at radius 1 is 0.356 bits per heavy atom. The summed E-state index contributed by atoms with van der Waals surface area (Å²) in [6.45, 7) is 2.29. The van der Waals surface area contributed by atoms with Gasteiger partial charge in [0.05, 0.1) is 24.2 Å². The Bertz CT molecular complexity index is 4240. The summed E-state index contributed by atoms with van der Waals surface area (Å²) in [5, 5.41) is 24.2. The van der Waals surface area contributed by atoms with Crippen molar-refractivity contribution in [2.24, 2.45) is 0 Å². The monoisotopic (exact) mass is 1180 g/mol. The molecule has 2 N–H and O–H groups in total. The Labute approximate surface area is 523 Å². The quantitative estimate of drug-likeness (QED) is 0.0505. The van der Waals surface area contributed by atoms with E-state index in [0.717, 1.165) is 121 Å². The zero-order chi connectivity index (χ0) is 61.2. The first-order valence-corrected chi connectivity index (χ1v) is 31.0. The van der Waals surface area contributed by atoms with Crippen LogP contribution in [0.2, 0.25) is 0 Å². The molecule has 0 saturated heterocycles. The van der Waals surface area contributed by atoms with Gasteiger partial charge in [0, 0.05) is 103 Å². The van der Waals surface area contributed by atoms with E-state index in [9.17, 15) is 19.8 Å². The molecule has 0 fully saturated rings. The highest BCUT2D eigenvalue weighted by molar-refractivity contribution is 6.32. The number of aryl methyl sites for hydroxylation is 2. The number of hydrogen-bond donors (Lipinski definition) is 2. The van der Waals surface area contributed by atoms with Crippen molar-refractivity contribution in [2.45, 2.75) is 64.5 Å². The smallest absolute Gasteiger partial charge is 0.358 e. The number of unbranched alkanes of at least 4 members (excludes halogenated alkanes) is 6. The summed E-state index contributed by atoms with van der Waals surface area (Å²) in [7, 11) is 0. The number of nitrogens with zero attached hydrogens (tertiary/aromatic N) is 6. The summed E-state index contributed by atoms with van der Waals surface area (Å²) in [6.07, 6.45) is 9.93. The van der Waals surface area contributed by atoms with Gasteiger partial charge in [-0.3, -0.25) is 0 Å². The van der Waals surface area contributed by atoms with Gasteiger partial charge in [-0.25, -0.2) is 19.6 Å². The number of pyridine rings is 2. The molecule has 0 aliphatic rings. The molecule has 9 aromatic carbocycles. The number of carboxylic acids is 2. The van der Waals surface area contributed by atoms with Gasteiger partial charge in [-0.2, -0.15) is 0 Å². The van der Waals surface area contributed by atoms with Crippen molar-refractivity contribution in [1.29, 1.82) is 0 Å². The number of ether oxygens (including phenoxy) is 2. The van der Waals surface area contributed by atoms with E-state index in [1.807, 2.05) is 0 Å². The van der Waals surface area contributed by atoms with E-state index in [2.05, 4.69) is 247 Å². The molecule has 0 atom stereocenters. The summed E-state index contributed by atoms with van der Waals surface area (Å²) >= 11 is 0. The number of benzene rings is 9. The number of aromatic nitrogens is 4. The van der Waals surface area contributed by atoms with E-state index >= 15 is 0 Å². The van der Waals surface area contributed by atoms with Crippen LogP contribution in [0.25, 0.3) is 65.9 Å². The first-order chi connectivity index (χ1) is 44.4. The second kappa shape index (κ2) is 27.0. The summed E-state index contributed by atoms with van der Waals surface area (Å²) in [5.41, 5.74) is 15.5. The molecule has 0 amide bonds. The molecule has 0 unspecified atom stereocenters. The van der Waals surface area contributed by atoms with E-state index in [0.29, 0.717) is 13.2 Å². The highest BCUT2D eigenvalue weighted by Crippen LogP contribution is 2.52. The highest BCUT2D eigenvalue weighted by atomic mass is 16.5. The Morgan fingerprint density at radius 2 is 0.678 bits per heavy atom. The van der Waals surface area contributed by atoms with Crippen LogP contribution in [0.4, 0.5) is 34.1 Å². The number of carbonyl (C=O) groups is 2. The minimum atomic E-state index is -1.11. The third kappa shape index (κ3) is 11.9. The summed E-state index contributed by atoms with van der Waals surface area (Å²) in [4.78, 5) is 36.5. The molecule has 0 bridgehead atoms. The third-order valence-corrected chi connectivity index (χ3v) is 16.8. The average Bonchev–Trinajstić information content (AvgIpc) is 1.52. The van der Waals surface area contributed by atoms with Crippen molar-refractivity contribution in [1.82, 2.24) is 19.1 Å². The van der Waals surface area contributed by atoms with E-state index in [1.165, 1.54) is 56.1 Å². The SMILES string of the molecule is O=C(O)c1ncccc1OCCCCCCn1c2ccccc2c2c(-c3ccc(N(c4ccccc4)c4ccccc4)cc3)c3c(c(-c4ccc(N(c5ccccc5)c5ccccc5)cc4)c21)c1ccccc1n3CCCCCCOc1cccnc1C(=O)O. The van der Waals surface area contributed by atoms with E-state index in [-0.39, 0.29) is 22.9 Å². The van der Waals surface area contributed by atoms with Crippen LogP contribution in [0.15, 0.2) is 255 Å². The number of hydrogen-bond acceptors (Lipinski definition) is 8. The third-order valence-electron chi connectivity index (χ3n) is 16.8. The van der Waals surface area contributed by atoms with E-state index < -0.39 is 11.9 Å². The molecule has 4 heterocycles. The number of aromatic carboxylic acids is 2. The van der Waals surface area contributed by atoms with Crippen LogP contribution < -0.4 is 19.3 Å². The molecule has 0 spiro atoms. The second-order valence-electron chi connectivity index (χ2n) is 22.5. The number of carboxylic acid groups (broad SMARTS) is 2. The molecule has 90 heavy (non-hydrogen) atoms. The largest absolute Gasteiger partial charge is 0.491 e. The maximum absolute atomic E-state index is 11.9. The Hall–Kier alpha value is -11.0. The van der Waals surface area contributed by atoms with Crippen LogP contribution >= 0.6 is 0 Å². The number of para-hydroxylation sites is 6. The van der Waals surface area contributed by atoms with Crippen molar-refractivity contribution in [3.8, 4) is 33.8 Å². The van der Waals surface area contributed by atoms with Gasteiger partial charge in [0.2, 0.25) is 0 Å². The maximum Gasteiger partial charge on any atom is 0.358 e. The lowest BCUT2D eigenvalue weighted by Gasteiger charge is -2.26. The first kappa shape index (κ1) is 58.1. The normalized spacial score (nSPS) is 11.4. The summed E-state index contributed by atoms with van der Waals surface area (Å²) < 4.78 is 17.2. The van der Waals surface area contributed by atoms with E-state index in [1.54, 1.807) is 24.3 Å². The number of anilines is 6. The van der Waals surface area contributed by atoms with Crippen LogP contribution in [0.5, 0.6) is 11.5 Å². The summed E-state index contributed by atoms with van der Waals surface area (Å²) in [5.74, 6) is -1.64. The fraction of sp³-hybridized carbons (Fsp3) is 0.154. The van der Waals surface area contributed by atoms with Gasteiger partial charge in [0.1, 0.15) is 0 Å². The lowest BCUT2D eigenvalue weighted by Crippen LogP contribution is -2.09. The molecule has 13 rings (SSSR count). The highest BCUT2D eigenvalue weighted by Gasteiger charge is 2.29. The lowest BCUT2D eigenvalue weighted by molar-refractivity contribution is 0.0674. The fourth-order valence-electron chi connectivity index (χ4n) is 12.8. The minimum absolute atomic E-state index is 0.0768. The molecule has 0 radical (unpaired) electrons. The van der Waals surface area contributed by atoms with Gasteiger partial charge in [-0.15, -0.1) is 0 Å². The van der Waals surface area contributed by atoms with Crippen LogP contribution in [0.1, 0.15) is 72.3 Å². The molecule has 12 nitrogen and oxygen atoms in total. The molecular formula is C78H68N6O6. The Balaban J connectivity index is 0.967. The van der Waals surface area contributed by atoms with Gasteiger partial charge < -0.3 is 38.6 Å². The molecule has 0 saturated carbocycles. The van der Waals surface area contributed by atoms with Crippen LogP contribution in [0, 0.1) is 0 Å². The predicted molar refractivity (Wildman–Crippen MR) is 363 cm³/mol. The zero-order valence-corrected chi connectivity index (χ0v) is 49.9. The fourth-order valence-corrected chi connectivity index (χ4v) is 12.8. The molecule has 0 aliphatic heterocycles. The van der Waals surface area contributed by atoms with Crippen molar-refractivity contribution in [3.05, 3.63) is 266 Å². The minimum Gasteiger partial charge on any atom is -0.491 e. The zero-order valence-electron chi connectivity index (χ0n) is 49.9. The Kier molecular flexibility index (Phi) is 17.4. The second-order valence-corrected chi connectivity index (χ2v) is 22.5. The molecule has 4 aromatic heterocycles. The number of rotatable bonds is 26. The number of fused-ring (bicyclic) bond motifs is 6.